The Kier molecular flexibility index (Phi) is 8.21. The molecule has 3 aromatic rings. The first-order valence-electron chi connectivity index (χ1n) is 12.3. The van der Waals surface area contributed by atoms with Gasteiger partial charge in [-0.15, -0.1) is 0 Å². The minimum absolute atomic E-state index is 0.186. The van der Waals surface area contributed by atoms with Crippen LogP contribution in [0.25, 0.3) is 17.2 Å². The predicted molar refractivity (Wildman–Crippen MR) is 139 cm³/mol. The Morgan fingerprint density at radius 3 is 2.67 bits per heavy atom. The van der Waals surface area contributed by atoms with Crippen molar-refractivity contribution in [1.82, 2.24) is 24.8 Å². The lowest BCUT2D eigenvalue weighted by Crippen LogP contribution is -2.31. The highest BCUT2D eigenvalue weighted by Gasteiger charge is 2.54. The van der Waals surface area contributed by atoms with Gasteiger partial charge in [0.1, 0.15) is 30.8 Å². The van der Waals surface area contributed by atoms with E-state index in [1.54, 1.807) is 17.6 Å². The third-order valence-corrected chi connectivity index (χ3v) is 7.31. The van der Waals surface area contributed by atoms with E-state index in [-0.39, 0.29) is 5.82 Å². The molecule has 2 saturated heterocycles. The van der Waals surface area contributed by atoms with Crippen molar-refractivity contribution in [2.45, 2.75) is 37.8 Å². The SMILES string of the molecule is CCNC(=O)Nc1ncnc2c1ncn2[C@@H]1O[C@H](COP(=O)(O)CC(=O)O)C2O[C@H](C=Cc3ccccc3)O[C@@H]21. The molecule has 2 unspecified atom stereocenters. The van der Waals surface area contributed by atoms with Crippen LogP contribution >= 0.6 is 7.60 Å². The molecule has 0 aliphatic carbocycles. The van der Waals surface area contributed by atoms with Crippen molar-refractivity contribution < 1.29 is 42.9 Å². The van der Waals surface area contributed by atoms with E-state index in [1.165, 1.54) is 12.7 Å². The molecular weight excluding hydrogens is 547 g/mol. The first kappa shape index (κ1) is 27.8. The van der Waals surface area contributed by atoms with Gasteiger partial charge in [0, 0.05) is 6.54 Å². The Balaban J connectivity index is 1.40. The van der Waals surface area contributed by atoms with Crippen LogP contribution in [0.4, 0.5) is 10.6 Å². The van der Waals surface area contributed by atoms with Gasteiger partial charge in [-0.25, -0.2) is 19.7 Å². The number of rotatable bonds is 10. The van der Waals surface area contributed by atoms with Crippen LogP contribution in [-0.4, -0.2) is 85.4 Å². The lowest BCUT2D eigenvalue weighted by atomic mass is 10.1. The predicted octanol–water partition coefficient (Wildman–Crippen LogP) is 1.98. The summed E-state index contributed by atoms with van der Waals surface area (Å²) >= 11 is 0. The summed E-state index contributed by atoms with van der Waals surface area (Å²) in [6.07, 6.45) is 1.23. The van der Waals surface area contributed by atoms with Gasteiger partial charge < -0.3 is 34.1 Å². The van der Waals surface area contributed by atoms with Gasteiger partial charge in [-0.3, -0.25) is 19.2 Å². The largest absolute Gasteiger partial charge is 0.481 e. The second-order valence-electron chi connectivity index (χ2n) is 8.92. The van der Waals surface area contributed by atoms with Gasteiger partial charge in [0.15, 0.2) is 29.5 Å². The number of nitrogens with one attached hydrogen (secondary N) is 2. The zero-order chi connectivity index (χ0) is 28.3. The van der Waals surface area contributed by atoms with Crippen molar-refractivity contribution >= 4 is 42.7 Å². The number of amides is 2. The van der Waals surface area contributed by atoms with Gasteiger partial charge in [0.25, 0.3) is 0 Å². The van der Waals surface area contributed by atoms with E-state index in [4.69, 9.17) is 23.8 Å². The molecule has 0 radical (unpaired) electrons. The van der Waals surface area contributed by atoms with Gasteiger partial charge in [-0.2, -0.15) is 0 Å². The topological polar surface area (TPSA) is 196 Å². The number of hydrogen-bond acceptors (Lipinski definition) is 10. The number of imidazole rings is 1. The number of carbonyl (C=O) groups is 2. The number of urea groups is 1. The fraction of sp³-hybridized carbons (Fsp3) is 0.375. The molecule has 40 heavy (non-hydrogen) atoms. The molecule has 0 spiro atoms. The van der Waals surface area contributed by atoms with Gasteiger partial charge in [0.2, 0.25) is 0 Å². The third kappa shape index (κ3) is 6.20. The minimum Gasteiger partial charge on any atom is -0.481 e. The number of fused-ring (bicyclic) bond motifs is 2. The Morgan fingerprint density at radius 1 is 1.15 bits per heavy atom. The summed E-state index contributed by atoms with van der Waals surface area (Å²) in [7, 11) is -4.43. The first-order valence-corrected chi connectivity index (χ1v) is 14.1. The summed E-state index contributed by atoms with van der Waals surface area (Å²) in [6.45, 7) is 1.77. The monoisotopic (exact) mass is 574 g/mol. The van der Waals surface area contributed by atoms with E-state index >= 15 is 0 Å². The van der Waals surface area contributed by atoms with Crippen LogP contribution < -0.4 is 10.6 Å². The average Bonchev–Trinajstić information content (AvgIpc) is 3.60. The Morgan fingerprint density at radius 2 is 1.93 bits per heavy atom. The summed E-state index contributed by atoms with van der Waals surface area (Å²) in [5.41, 5.74) is 1.56. The molecule has 6 atom stereocenters. The molecule has 2 aromatic heterocycles. The van der Waals surface area contributed by atoms with Crippen LogP contribution in [0.15, 0.2) is 49.1 Å². The molecular formula is C24H27N6O9P. The van der Waals surface area contributed by atoms with E-state index in [0.29, 0.717) is 17.7 Å². The number of ether oxygens (including phenoxy) is 3. The van der Waals surface area contributed by atoms with E-state index < -0.39 is 63.2 Å². The molecule has 2 amide bonds. The molecule has 212 valence electrons. The molecule has 2 fully saturated rings. The molecule has 0 bridgehead atoms. The summed E-state index contributed by atoms with van der Waals surface area (Å²) in [5.74, 6) is -1.28. The maximum atomic E-state index is 12.2. The zero-order valence-corrected chi connectivity index (χ0v) is 22.1. The maximum absolute atomic E-state index is 12.2. The van der Waals surface area contributed by atoms with Crippen molar-refractivity contribution in [3.63, 3.8) is 0 Å². The number of aliphatic carboxylic acids is 1. The number of anilines is 1. The second kappa shape index (κ2) is 11.8. The molecule has 2 aliphatic rings. The van der Waals surface area contributed by atoms with Crippen LogP contribution in [0.1, 0.15) is 18.7 Å². The van der Waals surface area contributed by atoms with Gasteiger partial charge in [-0.05, 0) is 18.6 Å². The normalized spacial score (nSPS) is 25.6. The van der Waals surface area contributed by atoms with Crippen molar-refractivity contribution in [2.75, 3.05) is 24.6 Å². The van der Waals surface area contributed by atoms with Gasteiger partial charge in [0.05, 0.1) is 12.9 Å². The maximum Gasteiger partial charge on any atom is 0.339 e. The van der Waals surface area contributed by atoms with Crippen LogP contribution in [0, 0.1) is 0 Å². The quantitative estimate of drug-likeness (QED) is 0.257. The second-order valence-corrected chi connectivity index (χ2v) is 10.8. The Hall–Kier alpha value is -3.72. The Bertz CT molecular complexity index is 1450. The van der Waals surface area contributed by atoms with Crippen molar-refractivity contribution in [3.05, 3.63) is 54.6 Å². The zero-order valence-electron chi connectivity index (χ0n) is 21.2. The highest BCUT2D eigenvalue weighted by atomic mass is 31.2. The summed E-state index contributed by atoms with van der Waals surface area (Å²) in [5, 5.41) is 14.1. The fourth-order valence-corrected chi connectivity index (χ4v) is 5.22. The molecule has 16 heteroatoms. The fourth-order valence-electron chi connectivity index (χ4n) is 4.41. The Labute approximate surface area is 227 Å². The van der Waals surface area contributed by atoms with Crippen molar-refractivity contribution in [2.24, 2.45) is 0 Å². The molecule has 0 saturated carbocycles. The smallest absolute Gasteiger partial charge is 0.339 e. The van der Waals surface area contributed by atoms with Crippen molar-refractivity contribution in [1.29, 1.82) is 0 Å². The van der Waals surface area contributed by atoms with E-state index in [2.05, 4.69) is 25.6 Å². The molecule has 5 rings (SSSR count). The minimum atomic E-state index is -4.43. The summed E-state index contributed by atoms with van der Waals surface area (Å²) in [6, 6.07) is 9.07. The van der Waals surface area contributed by atoms with E-state index in [0.717, 1.165) is 5.56 Å². The molecule has 1 aromatic carbocycles. The summed E-state index contributed by atoms with van der Waals surface area (Å²) in [4.78, 5) is 45.7. The van der Waals surface area contributed by atoms with Crippen LogP contribution in [-0.2, 0) is 28.1 Å². The number of carbonyl (C=O) groups excluding carboxylic acids is 1. The standard InChI is InChI=1S/C24H27N6O9P/c1-2-25-24(33)29-21-18-22(27-12-26-21)30(13-28-18)23-20-19(15(37-23)10-36-40(34,35)11-16(31)32)38-17(39-20)9-8-14-6-4-3-5-7-14/h3-9,12-13,15,17,19-20,23H,2,10-11H2,1H3,(H,31,32)(H,34,35)(H2,25,26,27,29,33)/t15-,17+,19?,20+,23-/m1/s1. The van der Waals surface area contributed by atoms with Gasteiger partial charge >= 0.3 is 19.6 Å². The van der Waals surface area contributed by atoms with E-state index in [9.17, 15) is 19.0 Å². The van der Waals surface area contributed by atoms with Crippen molar-refractivity contribution in [3.8, 4) is 0 Å². The van der Waals surface area contributed by atoms with Crippen LogP contribution in [0.3, 0.4) is 0 Å². The lowest BCUT2D eigenvalue weighted by Gasteiger charge is -2.21. The summed E-state index contributed by atoms with van der Waals surface area (Å²) < 4.78 is 37.2. The third-order valence-electron chi connectivity index (χ3n) is 6.09. The number of nitrogens with zero attached hydrogens (tertiary/aromatic N) is 4. The highest BCUT2D eigenvalue weighted by Crippen LogP contribution is 2.45. The number of carboxylic acid groups (broad SMARTS) is 1. The molecule has 4 N–H and O–H groups in total. The molecule has 15 nitrogen and oxygen atoms in total. The van der Waals surface area contributed by atoms with Crippen LogP contribution in [0.2, 0.25) is 0 Å². The molecule has 4 heterocycles. The molecule has 2 aliphatic heterocycles. The lowest BCUT2D eigenvalue weighted by molar-refractivity contribution is -0.135. The number of hydrogen-bond donors (Lipinski definition) is 4. The highest BCUT2D eigenvalue weighted by molar-refractivity contribution is 7.53. The average molecular weight is 574 g/mol. The van der Waals surface area contributed by atoms with Gasteiger partial charge in [-0.1, -0.05) is 36.4 Å². The van der Waals surface area contributed by atoms with E-state index in [1.807, 2.05) is 36.4 Å². The van der Waals surface area contributed by atoms with Crippen LogP contribution in [0.5, 0.6) is 0 Å². The number of aromatic nitrogens is 4. The first-order chi connectivity index (χ1) is 19.2. The number of benzene rings is 1. The number of carboxylic acids is 1.